The van der Waals surface area contributed by atoms with Gasteiger partial charge in [0.15, 0.2) is 6.54 Å². The van der Waals surface area contributed by atoms with Crippen LogP contribution in [0, 0.1) is 4.91 Å². The molecule has 0 spiro atoms. The quantitative estimate of drug-likeness (QED) is 0.451. The van der Waals surface area contributed by atoms with E-state index in [-0.39, 0.29) is 0 Å². The fraction of sp³-hybridized carbons (Fsp3) is 1.00. The summed E-state index contributed by atoms with van der Waals surface area (Å²) in [5, 5.41) is 1.45. The number of hydrogen-bond acceptors (Lipinski definition) is 2. The second kappa shape index (κ2) is 2.47. The van der Waals surface area contributed by atoms with E-state index < -0.39 is 18.6 Å². The van der Waals surface area contributed by atoms with Gasteiger partial charge in [0.1, 0.15) is 0 Å². The highest BCUT2D eigenvalue weighted by Gasteiger charge is 2.57. The molecule has 0 bridgehead atoms. The third-order valence-corrected chi connectivity index (χ3v) is 0.678. The highest BCUT2D eigenvalue weighted by Crippen LogP contribution is 2.35. The molecule has 0 saturated heterocycles. The molecule has 0 aliphatic heterocycles. The van der Waals surface area contributed by atoms with Crippen LogP contribution >= 0.6 is 0 Å². The second-order valence-corrected chi connectivity index (χ2v) is 1.49. The van der Waals surface area contributed by atoms with Gasteiger partial charge in [0.05, 0.1) is 0 Å². The Morgan fingerprint density at radius 3 is 1.60 bits per heavy atom. The van der Waals surface area contributed by atoms with Crippen molar-refractivity contribution in [3.63, 3.8) is 0 Å². The van der Waals surface area contributed by atoms with Gasteiger partial charge in [-0.2, -0.15) is 26.9 Å². The van der Waals surface area contributed by atoms with Crippen LogP contribution in [0.15, 0.2) is 5.18 Å². The maximum atomic E-state index is 11.5. The lowest BCUT2D eigenvalue weighted by Gasteiger charge is -2.15. The Labute approximate surface area is 52.0 Å². The number of nitrogens with zero attached hydrogens (tertiary/aromatic N) is 1. The minimum atomic E-state index is -5.68. The van der Waals surface area contributed by atoms with E-state index in [1.807, 2.05) is 0 Å². The second-order valence-electron chi connectivity index (χ2n) is 1.49. The monoisotopic (exact) mass is 163 g/mol. The van der Waals surface area contributed by atoms with Crippen molar-refractivity contribution in [2.45, 2.75) is 12.1 Å². The maximum absolute atomic E-state index is 11.5. The Bertz CT molecular complexity index is 129. The summed E-state index contributed by atoms with van der Waals surface area (Å²) >= 11 is 0. The van der Waals surface area contributed by atoms with Gasteiger partial charge in [0.2, 0.25) is 0 Å². The summed E-state index contributed by atoms with van der Waals surface area (Å²) in [6.07, 6.45) is -5.68. The summed E-state index contributed by atoms with van der Waals surface area (Å²) in [6, 6.07) is 0. The molecule has 2 nitrogen and oxygen atoms in total. The molecule has 0 N–H and O–H groups in total. The SMILES string of the molecule is O=NCC(F)(F)C(F)(F)F. The van der Waals surface area contributed by atoms with Crippen molar-refractivity contribution in [1.82, 2.24) is 0 Å². The first kappa shape index (κ1) is 9.25. The lowest BCUT2D eigenvalue weighted by Crippen LogP contribution is -2.38. The van der Waals surface area contributed by atoms with Crippen molar-refractivity contribution in [3.05, 3.63) is 4.91 Å². The standard InChI is InChI=1S/C3H2F5NO/c4-2(5,1-9-10)3(6,7)8/h1H2. The van der Waals surface area contributed by atoms with E-state index >= 15 is 0 Å². The lowest BCUT2D eigenvalue weighted by molar-refractivity contribution is -0.276. The molecule has 0 saturated carbocycles. The third-order valence-electron chi connectivity index (χ3n) is 0.678. The summed E-state index contributed by atoms with van der Waals surface area (Å²) in [7, 11) is 0. The summed E-state index contributed by atoms with van der Waals surface area (Å²) in [4.78, 5) is 9.04. The average molecular weight is 163 g/mol. The van der Waals surface area contributed by atoms with Crippen LogP contribution in [-0.4, -0.2) is 18.6 Å². The zero-order valence-electron chi connectivity index (χ0n) is 4.45. The van der Waals surface area contributed by atoms with E-state index in [2.05, 4.69) is 0 Å². The van der Waals surface area contributed by atoms with Crippen molar-refractivity contribution in [2.75, 3.05) is 6.54 Å². The van der Waals surface area contributed by atoms with Crippen LogP contribution in [0.2, 0.25) is 0 Å². The van der Waals surface area contributed by atoms with Crippen LogP contribution in [0.5, 0.6) is 0 Å². The molecule has 60 valence electrons. The first-order valence-corrected chi connectivity index (χ1v) is 2.05. The normalized spacial score (nSPS) is 13.3. The molecule has 0 heterocycles. The molecule has 0 radical (unpaired) electrons. The van der Waals surface area contributed by atoms with Crippen molar-refractivity contribution in [1.29, 1.82) is 0 Å². The van der Waals surface area contributed by atoms with Crippen LogP contribution < -0.4 is 0 Å². The number of halogens is 5. The molecule has 0 unspecified atom stereocenters. The zero-order valence-corrected chi connectivity index (χ0v) is 4.45. The van der Waals surface area contributed by atoms with E-state index in [0.29, 0.717) is 0 Å². The van der Waals surface area contributed by atoms with Crippen molar-refractivity contribution in [3.8, 4) is 0 Å². The Kier molecular flexibility index (Phi) is 2.28. The van der Waals surface area contributed by atoms with Crippen LogP contribution in [0.25, 0.3) is 0 Å². The number of rotatable bonds is 2. The van der Waals surface area contributed by atoms with Crippen molar-refractivity contribution >= 4 is 0 Å². The predicted molar refractivity (Wildman–Crippen MR) is 21.7 cm³/mol. The highest BCUT2D eigenvalue weighted by atomic mass is 19.4. The van der Waals surface area contributed by atoms with Crippen LogP contribution in [0.1, 0.15) is 0 Å². The minimum absolute atomic E-state index is 1.45. The van der Waals surface area contributed by atoms with E-state index in [0.717, 1.165) is 0 Å². The van der Waals surface area contributed by atoms with Gasteiger partial charge in [-0.3, -0.25) is 0 Å². The molecule has 0 aromatic rings. The predicted octanol–water partition coefficient (Wildman–Crippen LogP) is 1.95. The molecule has 10 heavy (non-hydrogen) atoms. The van der Waals surface area contributed by atoms with Crippen LogP contribution in [-0.2, 0) is 0 Å². The van der Waals surface area contributed by atoms with Gasteiger partial charge in [-0.25, -0.2) is 0 Å². The zero-order chi connectivity index (χ0) is 8.41. The molecule has 0 aromatic heterocycles. The third kappa shape index (κ3) is 1.89. The first-order valence-electron chi connectivity index (χ1n) is 2.05. The van der Waals surface area contributed by atoms with E-state index in [1.54, 1.807) is 0 Å². The largest absolute Gasteiger partial charge is 0.455 e. The van der Waals surface area contributed by atoms with Gasteiger partial charge in [-0.05, 0) is 0 Å². The lowest BCUT2D eigenvalue weighted by atomic mass is 10.3. The number of hydrogen-bond donors (Lipinski definition) is 0. The Balaban J connectivity index is 4.23. The molecule has 0 fully saturated rings. The Hall–Kier alpha value is -0.750. The maximum Gasteiger partial charge on any atom is 0.455 e. The van der Waals surface area contributed by atoms with Gasteiger partial charge in [0.25, 0.3) is 0 Å². The summed E-state index contributed by atoms with van der Waals surface area (Å²) in [6.45, 7) is -2.06. The van der Waals surface area contributed by atoms with E-state index in [4.69, 9.17) is 4.91 Å². The summed E-state index contributed by atoms with van der Waals surface area (Å²) in [5.41, 5.74) is 0. The van der Waals surface area contributed by atoms with E-state index in [1.165, 1.54) is 5.18 Å². The molecule has 0 rings (SSSR count). The molecule has 0 atom stereocenters. The minimum Gasteiger partial charge on any atom is -0.194 e. The summed E-state index contributed by atoms with van der Waals surface area (Å²) < 4.78 is 56.2. The van der Waals surface area contributed by atoms with Gasteiger partial charge in [-0.1, -0.05) is 5.18 Å². The van der Waals surface area contributed by atoms with Gasteiger partial charge >= 0.3 is 12.1 Å². The van der Waals surface area contributed by atoms with Gasteiger partial charge in [-0.15, -0.1) is 0 Å². The fourth-order valence-electron chi connectivity index (χ4n) is 0.171. The van der Waals surface area contributed by atoms with Crippen molar-refractivity contribution in [2.24, 2.45) is 5.18 Å². The topological polar surface area (TPSA) is 29.4 Å². The fourth-order valence-corrected chi connectivity index (χ4v) is 0.171. The number of alkyl halides is 5. The molecular formula is C3H2F5NO. The average Bonchev–Trinajstić information content (AvgIpc) is 1.61. The number of nitroso groups, excluding NO2 is 1. The van der Waals surface area contributed by atoms with Gasteiger partial charge < -0.3 is 0 Å². The summed E-state index contributed by atoms with van der Waals surface area (Å²) in [5.74, 6) is -4.99. The Morgan fingerprint density at radius 2 is 1.50 bits per heavy atom. The van der Waals surface area contributed by atoms with Crippen molar-refractivity contribution < 1.29 is 22.0 Å². The highest BCUT2D eigenvalue weighted by molar-refractivity contribution is 4.77. The smallest absolute Gasteiger partial charge is 0.194 e. The molecule has 0 aromatic carbocycles. The molecule has 0 aliphatic carbocycles. The van der Waals surface area contributed by atoms with Crippen LogP contribution in [0.3, 0.4) is 0 Å². The first-order chi connectivity index (χ1) is 4.31. The van der Waals surface area contributed by atoms with E-state index in [9.17, 15) is 22.0 Å². The molecule has 0 aliphatic rings. The Morgan fingerprint density at radius 1 is 1.10 bits per heavy atom. The molecule has 7 heteroatoms. The van der Waals surface area contributed by atoms with Gasteiger partial charge in [0, 0.05) is 0 Å². The van der Waals surface area contributed by atoms with Crippen LogP contribution in [0.4, 0.5) is 22.0 Å². The molecular weight excluding hydrogens is 161 g/mol. The molecule has 0 amide bonds.